The molecule has 1 fully saturated rings. The van der Waals surface area contributed by atoms with Crippen molar-refractivity contribution in [2.24, 2.45) is 0 Å². The first kappa shape index (κ1) is 14.2. The Morgan fingerprint density at radius 3 is 2.37 bits per heavy atom. The van der Waals surface area contributed by atoms with Gasteiger partial charge >= 0.3 is 0 Å². The third-order valence-corrected chi connectivity index (χ3v) is 3.75. The van der Waals surface area contributed by atoms with Crippen molar-refractivity contribution in [1.29, 1.82) is 0 Å². The first-order valence-corrected chi connectivity index (χ1v) is 7.60. The van der Waals surface area contributed by atoms with Crippen LogP contribution < -0.4 is 10.2 Å². The van der Waals surface area contributed by atoms with Crippen LogP contribution in [0.4, 0.5) is 11.4 Å². The molecule has 0 radical (unpaired) electrons. The maximum absolute atomic E-state index is 8.71. The molecule has 1 aromatic carbocycles. The summed E-state index contributed by atoms with van der Waals surface area (Å²) in [7, 11) is 0. The molecule has 1 aliphatic rings. The van der Waals surface area contributed by atoms with Gasteiger partial charge in [-0.15, -0.1) is 0 Å². The van der Waals surface area contributed by atoms with Crippen LogP contribution in [0.2, 0.25) is 0 Å². The number of aliphatic hydroxyl groups excluding tert-OH is 1. The van der Waals surface area contributed by atoms with Crippen molar-refractivity contribution in [2.75, 3.05) is 36.5 Å². The minimum absolute atomic E-state index is 0.310. The summed E-state index contributed by atoms with van der Waals surface area (Å²) in [5.41, 5.74) is 2.55. The highest BCUT2D eigenvalue weighted by atomic mass is 16.2. The fourth-order valence-corrected chi connectivity index (χ4v) is 2.59. The second-order valence-corrected chi connectivity index (χ2v) is 5.31. The number of aliphatic hydroxyl groups is 1. The first-order chi connectivity index (χ1) is 9.40. The molecule has 3 heteroatoms. The van der Waals surface area contributed by atoms with Gasteiger partial charge in [-0.1, -0.05) is 0 Å². The minimum Gasteiger partial charge on any atom is -0.396 e. The van der Waals surface area contributed by atoms with Gasteiger partial charge in [0.25, 0.3) is 0 Å². The Labute approximate surface area is 116 Å². The van der Waals surface area contributed by atoms with E-state index in [1.807, 2.05) is 0 Å². The van der Waals surface area contributed by atoms with E-state index in [2.05, 4.69) is 34.5 Å². The van der Waals surface area contributed by atoms with Crippen LogP contribution in [0.25, 0.3) is 0 Å². The molecule has 0 unspecified atom stereocenters. The van der Waals surface area contributed by atoms with E-state index in [-0.39, 0.29) is 0 Å². The van der Waals surface area contributed by atoms with Crippen LogP contribution >= 0.6 is 0 Å². The lowest BCUT2D eigenvalue weighted by Gasteiger charge is -2.28. The van der Waals surface area contributed by atoms with Crippen LogP contribution in [0.3, 0.4) is 0 Å². The summed E-state index contributed by atoms with van der Waals surface area (Å²) in [6.07, 6.45) is 7.15. The van der Waals surface area contributed by atoms with Gasteiger partial charge in [0.05, 0.1) is 0 Å². The van der Waals surface area contributed by atoms with Gasteiger partial charge in [0, 0.05) is 37.6 Å². The van der Waals surface area contributed by atoms with Gasteiger partial charge in [0.2, 0.25) is 0 Å². The van der Waals surface area contributed by atoms with Crippen molar-refractivity contribution in [2.45, 2.75) is 38.5 Å². The second kappa shape index (κ2) is 8.05. The Balaban J connectivity index is 1.74. The molecule has 0 aliphatic carbocycles. The van der Waals surface area contributed by atoms with Crippen molar-refractivity contribution >= 4 is 11.4 Å². The molecule has 2 N–H and O–H groups in total. The van der Waals surface area contributed by atoms with Gasteiger partial charge in [-0.05, 0) is 62.8 Å². The monoisotopic (exact) mass is 262 g/mol. The van der Waals surface area contributed by atoms with Gasteiger partial charge in [-0.3, -0.25) is 0 Å². The maximum Gasteiger partial charge on any atom is 0.0431 e. The largest absolute Gasteiger partial charge is 0.396 e. The van der Waals surface area contributed by atoms with Crippen molar-refractivity contribution in [3.63, 3.8) is 0 Å². The maximum atomic E-state index is 8.71. The Morgan fingerprint density at radius 1 is 0.947 bits per heavy atom. The molecule has 0 amide bonds. The van der Waals surface area contributed by atoms with E-state index in [0.717, 1.165) is 25.8 Å². The molecule has 19 heavy (non-hydrogen) atoms. The summed E-state index contributed by atoms with van der Waals surface area (Å²) in [5, 5.41) is 12.1. The highest BCUT2D eigenvalue weighted by Crippen LogP contribution is 2.21. The molecule has 106 valence electrons. The number of piperidine rings is 1. The van der Waals surface area contributed by atoms with E-state index in [1.165, 1.54) is 43.7 Å². The predicted octanol–water partition coefficient (Wildman–Crippen LogP) is 3.25. The van der Waals surface area contributed by atoms with Crippen LogP contribution in [0.5, 0.6) is 0 Å². The number of benzene rings is 1. The SMILES string of the molecule is OCCCCCNc1ccc(N2CCCCC2)cc1. The summed E-state index contributed by atoms with van der Waals surface area (Å²) in [6.45, 7) is 3.70. The third-order valence-electron chi connectivity index (χ3n) is 3.75. The number of nitrogens with zero attached hydrogens (tertiary/aromatic N) is 1. The van der Waals surface area contributed by atoms with E-state index in [9.17, 15) is 0 Å². The minimum atomic E-state index is 0.310. The first-order valence-electron chi connectivity index (χ1n) is 7.60. The van der Waals surface area contributed by atoms with Gasteiger partial charge in [0.15, 0.2) is 0 Å². The van der Waals surface area contributed by atoms with Crippen molar-refractivity contribution < 1.29 is 5.11 Å². The number of hydrogen-bond acceptors (Lipinski definition) is 3. The summed E-state index contributed by atoms with van der Waals surface area (Å²) >= 11 is 0. The average Bonchev–Trinajstić information content (AvgIpc) is 2.49. The van der Waals surface area contributed by atoms with Crippen LogP contribution in [0.1, 0.15) is 38.5 Å². The smallest absolute Gasteiger partial charge is 0.0431 e. The summed E-state index contributed by atoms with van der Waals surface area (Å²) < 4.78 is 0. The topological polar surface area (TPSA) is 35.5 Å². The number of nitrogens with one attached hydrogen (secondary N) is 1. The zero-order valence-electron chi connectivity index (χ0n) is 11.8. The second-order valence-electron chi connectivity index (χ2n) is 5.31. The number of anilines is 2. The van der Waals surface area contributed by atoms with E-state index < -0.39 is 0 Å². The van der Waals surface area contributed by atoms with Gasteiger partial charge < -0.3 is 15.3 Å². The number of hydrogen-bond donors (Lipinski definition) is 2. The molecule has 1 aliphatic heterocycles. The lowest BCUT2D eigenvalue weighted by atomic mass is 10.1. The van der Waals surface area contributed by atoms with Crippen molar-refractivity contribution in [1.82, 2.24) is 0 Å². The lowest BCUT2D eigenvalue weighted by molar-refractivity contribution is 0.283. The van der Waals surface area contributed by atoms with E-state index in [4.69, 9.17) is 5.11 Å². The van der Waals surface area contributed by atoms with Crippen LogP contribution in [-0.2, 0) is 0 Å². The fourth-order valence-electron chi connectivity index (χ4n) is 2.59. The molecule has 2 rings (SSSR count). The molecule has 1 heterocycles. The molecule has 1 aromatic rings. The Kier molecular flexibility index (Phi) is 6.02. The molecule has 0 bridgehead atoms. The predicted molar refractivity (Wildman–Crippen MR) is 81.9 cm³/mol. The molecular formula is C16H26N2O. The van der Waals surface area contributed by atoms with Gasteiger partial charge in [-0.2, -0.15) is 0 Å². The van der Waals surface area contributed by atoms with Crippen LogP contribution in [0.15, 0.2) is 24.3 Å². The molecule has 0 atom stereocenters. The number of unbranched alkanes of at least 4 members (excludes halogenated alkanes) is 2. The molecule has 0 spiro atoms. The third kappa shape index (κ3) is 4.75. The quantitative estimate of drug-likeness (QED) is 0.740. The lowest BCUT2D eigenvalue weighted by Crippen LogP contribution is -2.29. The molecular weight excluding hydrogens is 236 g/mol. The van der Waals surface area contributed by atoms with Gasteiger partial charge in [-0.25, -0.2) is 0 Å². The van der Waals surface area contributed by atoms with Crippen molar-refractivity contribution in [3.05, 3.63) is 24.3 Å². The molecule has 0 saturated carbocycles. The van der Waals surface area contributed by atoms with E-state index in [1.54, 1.807) is 0 Å². The molecule has 3 nitrogen and oxygen atoms in total. The summed E-state index contributed by atoms with van der Waals surface area (Å²) in [4.78, 5) is 2.48. The Hall–Kier alpha value is -1.22. The normalized spacial score (nSPS) is 15.5. The standard InChI is InChI=1S/C16H26N2O/c19-14-6-1-3-11-17-15-7-9-16(10-8-15)18-12-4-2-5-13-18/h7-10,17,19H,1-6,11-14H2. The number of rotatable bonds is 7. The van der Waals surface area contributed by atoms with E-state index in [0.29, 0.717) is 6.61 Å². The Morgan fingerprint density at radius 2 is 1.68 bits per heavy atom. The van der Waals surface area contributed by atoms with Crippen molar-refractivity contribution in [3.8, 4) is 0 Å². The van der Waals surface area contributed by atoms with Crippen LogP contribution in [-0.4, -0.2) is 31.3 Å². The molecule has 0 aromatic heterocycles. The molecule has 1 saturated heterocycles. The highest BCUT2D eigenvalue weighted by molar-refractivity contribution is 5.55. The summed E-state index contributed by atoms with van der Waals surface area (Å²) in [6, 6.07) is 8.80. The highest BCUT2D eigenvalue weighted by Gasteiger charge is 2.10. The zero-order chi connectivity index (χ0) is 13.3. The van der Waals surface area contributed by atoms with E-state index >= 15 is 0 Å². The summed E-state index contributed by atoms with van der Waals surface area (Å²) in [5.74, 6) is 0. The average molecular weight is 262 g/mol. The van der Waals surface area contributed by atoms with Gasteiger partial charge in [0.1, 0.15) is 0 Å². The Bertz CT molecular complexity index is 344. The zero-order valence-corrected chi connectivity index (χ0v) is 11.8. The fraction of sp³-hybridized carbons (Fsp3) is 0.625. The van der Waals surface area contributed by atoms with Crippen LogP contribution in [0, 0.1) is 0 Å².